The first-order chi connectivity index (χ1) is 3.48. The normalized spacial score (nSPS) is 20.4. The molecule has 0 amide bonds. The molecule has 0 rings (SSSR count). The number of halogens is 4. The van der Waals surface area contributed by atoms with Crippen LogP contribution in [-0.2, 0) is 0 Å². The van der Waals surface area contributed by atoms with Crippen LogP contribution in [0.5, 0.6) is 0 Å². The lowest BCUT2D eigenvalue weighted by atomic mass is 10.4. The van der Waals surface area contributed by atoms with Gasteiger partial charge in [0.05, 0.1) is 0 Å². The fourth-order valence-corrected chi connectivity index (χ4v) is 0.137. The maximum absolute atomic E-state index is 11.9. The molecule has 0 N–H and O–H groups in total. The van der Waals surface area contributed by atoms with Crippen molar-refractivity contribution in [2.45, 2.75) is 12.1 Å². The summed E-state index contributed by atoms with van der Waals surface area (Å²) in [4.78, 5) is 0. The fraction of sp³-hybridized carbons (Fsp3) is 0.500. The van der Waals surface area contributed by atoms with Gasteiger partial charge in [0.25, 0.3) is 0 Å². The summed E-state index contributed by atoms with van der Waals surface area (Å²) in [5, 5.41) is -2.70. The van der Waals surface area contributed by atoms with Gasteiger partial charge in [-0.2, -0.15) is 0 Å². The van der Waals surface area contributed by atoms with Crippen molar-refractivity contribution in [3.63, 3.8) is 0 Å². The zero-order chi connectivity index (χ0) is 6.78. The average molecular weight is 145 g/mol. The van der Waals surface area contributed by atoms with Crippen molar-refractivity contribution in [2.24, 2.45) is 0 Å². The van der Waals surface area contributed by atoms with Crippen LogP contribution < -0.4 is 0 Å². The fourth-order valence-electron chi connectivity index (χ4n) is 0.0958. The summed E-state index contributed by atoms with van der Waals surface area (Å²) in [6, 6.07) is 0. The molecule has 0 bridgehead atoms. The molecule has 0 fully saturated rings. The summed E-state index contributed by atoms with van der Waals surface area (Å²) in [7, 11) is 0. The van der Waals surface area contributed by atoms with Crippen LogP contribution in [0.1, 0.15) is 6.92 Å². The molecule has 1 atom stereocenters. The Morgan fingerprint density at radius 1 is 1.75 bits per heavy atom. The van der Waals surface area contributed by atoms with E-state index in [1.165, 1.54) is 0 Å². The van der Waals surface area contributed by atoms with Crippen molar-refractivity contribution in [1.29, 1.82) is 0 Å². The maximum Gasteiger partial charge on any atom is 0.234 e. The first kappa shape index (κ1) is 7.82. The molecule has 0 nitrogen and oxygen atoms in total. The first-order valence-corrected chi connectivity index (χ1v) is 2.20. The quantitative estimate of drug-likeness (QED) is 0.497. The molecule has 0 aromatic rings. The molecule has 0 aliphatic rings. The van der Waals surface area contributed by atoms with Crippen LogP contribution in [0.15, 0.2) is 12.2 Å². The summed E-state index contributed by atoms with van der Waals surface area (Å²) in [6.45, 7) is 0.708. The van der Waals surface area contributed by atoms with E-state index in [9.17, 15) is 13.2 Å². The topological polar surface area (TPSA) is 0 Å². The SMILES string of the molecule is CC(F)(Cl)C(F)=CF. The lowest BCUT2D eigenvalue weighted by molar-refractivity contribution is 0.295. The van der Waals surface area contributed by atoms with Gasteiger partial charge in [-0.1, -0.05) is 11.6 Å². The highest BCUT2D eigenvalue weighted by atomic mass is 35.5. The van der Waals surface area contributed by atoms with Gasteiger partial charge in [-0.15, -0.1) is 0 Å². The van der Waals surface area contributed by atoms with E-state index in [4.69, 9.17) is 0 Å². The molecule has 0 radical (unpaired) electrons. The van der Waals surface area contributed by atoms with Crippen molar-refractivity contribution in [3.05, 3.63) is 12.2 Å². The third kappa shape index (κ3) is 2.21. The van der Waals surface area contributed by atoms with E-state index < -0.39 is 17.3 Å². The Balaban J connectivity index is 4.03. The van der Waals surface area contributed by atoms with Crippen LogP contribution in [0, 0.1) is 0 Å². The third-order valence-electron chi connectivity index (χ3n) is 0.515. The molecular formula is C4H4ClF3. The van der Waals surface area contributed by atoms with E-state index in [0.717, 1.165) is 0 Å². The van der Waals surface area contributed by atoms with Crippen LogP contribution in [0.4, 0.5) is 13.2 Å². The van der Waals surface area contributed by atoms with Crippen molar-refractivity contribution >= 4 is 11.6 Å². The Kier molecular flexibility index (Phi) is 2.34. The van der Waals surface area contributed by atoms with Crippen molar-refractivity contribution in [1.82, 2.24) is 0 Å². The largest absolute Gasteiger partial charge is 0.234 e. The Morgan fingerprint density at radius 2 is 2.12 bits per heavy atom. The number of hydrogen-bond acceptors (Lipinski definition) is 0. The van der Waals surface area contributed by atoms with Gasteiger partial charge in [-0.05, 0) is 6.92 Å². The van der Waals surface area contributed by atoms with Gasteiger partial charge in [0.15, 0.2) is 5.83 Å². The maximum atomic E-state index is 11.9. The van der Waals surface area contributed by atoms with Gasteiger partial charge in [0, 0.05) is 0 Å². The Hall–Kier alpha value is -0.180. The van der Waals surface area contributed by atoms with Gasteiger partial charge < -0.3 is 0 Å². The second-order valence-corrected chi connectivity index (χ2v) is 2.06. The standard InChI is InChI=1S/C4H4ClF3/c1-4(5,8)3(7)2-6/h2H,1H3. The van der Waals surface area contributed by atoms with Crippen LogP contribution in [0.25, 0.3) is 0 Å². The highest BCUT2D eigenvalue weighted by molar-refractivity contribution is 6.24. The van der Waals surface area contributed by atoms with E-state index in [1.54, 1.807) is 0 Å². The summed E-state index contributed by atoms with van der Waals surface area (Å²) in [5.74, 6) is -1.61. The van der Waals surface area contributed by atoms with E-state index in [-0.39, 0.29) is 0 Å². The van der Waals surface area contributed by atoms with Gasteiger partial charge >= 0.3 is 0 Å². The summed E-state index contributed by atoms with van der Waals surface area (Å²) < 4.78 is 34.5. The molecule has 8 heavy (non-hydrogen) atoms. The zero-order valence-electron chi connectivity index (χ0n) is 4.09. The Bertz CT molecular complexity index is 102. The van der Waals surface area contributed by atoms with Gasteiger partial charge in [-0.25, -0.2) is 13.2 Å². The second-order valence-electron chi connectivity index (χ2n) is 1.35. The predicted octanol–water partition coefficient (Wildman–Crippen LogP) is 2.69. The van der Waals surface area contributed by atoms with Gasteiger partial charge in [0.2, 0.25) is 5.13 Å². The highest BCUT2D eigenvalue weighted by Crippen LogP contribution is 2.26. The van der Waals surface area contributed by atoms with E-state index >= 15 is 0 Å². The predicted molar refractivity (Wildman–Crippen MR) is 25.7 cm³/mol. The minimum absolute atomic E-state index is 0.507. The van der Waals surface area contributed by atoms with Crippen molar-refractivity contribution < 1.29 is 13.2 Å². The number of hydrogen-bond donors (Lipinski definition) is 0. The van der Waals surface area contributed by atoms with Gasteiger partial charge in [0.1, 0.15) is 6.33 Å². The molecule has 0 aliphatic heterocycles. The molecule has 0 saturated carbocycles. The first-order valence-electron chi connectivity index (χ1n) is 1.82. The average Bonchev–Trinajstić information content (AvgIpc) is 1.62. The summed E-state index contributed by atoms with van der Waals surface area (Å²) in [6.07, 6.45) is -0.507. The molecular weight excluding hydrogens is 140 g/mol. The molecule has 0 heterocycles. The summed E-state index contributed by atoms with van der Waals surface area (Å²) in [5.41, 5.74) is 0. The van der Waals surface area contributed by atoms with Crippen LogP contribution in [-0.4, -0.2) is 5.13 Å². The number of alkyl halides is 2. The molecule has 0 spiro atoms. The van der Waals surface area contributed by atoms with Crippen LogP contribution in [0.2, 0.25) is 0 Å². The minimum Gasteiger partial charge on any atom is -0.219 e. The molecule has 48 valence electrons. The van der Waals surface area contributed by atoms with Crippen LogP contribution >= 0.6 is 11.6 Å². The second kappa shape index (κ2) is 2.40. The van der Waals surface area contributed by atoms with Crippen molar-refractivity contribution in [3.8, 4) is 0 Å². The van der Waals surface area contributed by atoms with Crippen molar-refractivity contribution in [2.75, 3.05) is 0 Å². The van der Waals surface area contributed by atoms with E-state index in [1.807, 2.05) is 0 Å². The number of allylic oxidation sites excluding steroid dienone is 1. The van der Waals surface area contributed by atoms with Crippen LogP contribution in [0.3, 0.4) is 0 Å². The smallest absolute Gasteiger partial charge is 0.219 e. The zero-order valence-corrected chi connectivity index (χ0v) is 4.85. The number of rotatable bonds is 1. The molecule has 1 unspecified atom stereocenters. The molecule has 0 saturated heterocycles. The Morgan fingerprint density at radius 3 is 2.12 bits per heavy atom. The highest BCUT2D eigenvalue weighted by Gasteiger charge is 2.25. The summed E-state index contributed by atoms with van der Waals surface area (Å²) >= 11 is 4.63. The van der Waals surface area contributed by atoms with Gasteiger partial charge in [-0.3, -0.25) is 0 Å². The third-order valence-corrected chi connectivity index (χ3v) is 0.696. The molecule has 0 aromatic heterocycles. The Labute approximate surface area is 49.9 Å². The van der Waals surface area contributed by atoms with E-state index in [2.05, 4.69) is 11.6 Å². The monoisotopic (exact) mass is 144 g/mol. The molecule has 0 aromatic carbocycles. The lowest BCUT2D eigenvalue weighted by Gasteiger charge is -2.04. The lowest BCUT2D eigenvalue weighted by Crippen LogP contribution is -2.07. The van der Waals surface area contributed by atoms with E-state index in [0.29, 0.717) is 6.92 Å². The molecule has 4 heteroatoms. The minimum atomic E-state index is -2.70. The molecule has 0 aliphatic carbocycles.